The molecule has 1 amide bonds. The Kier molecular flexibility index (Phi) is 7.23. The van der Waals surface area contributed by atoms with Gasteiger partial charge >= 0.3 is 0 Å². The molecule has 2 aromatic carbocycles. The molecule has 7 nitrogen and oxygen atoms in total. The van der Waals surface area contributed by atoms with E-state index < -0.39 is 10.8 Å². The summed E-state index contributed by atoms with van der Waals surface area (Å²) in [6.07, 6.45) is 0. The van der Waals surface area contributed by atoms with Crippen molar-refractivity contribution >= 4 is 46.6 Å². The Morgan fingerprint density at radius 3 is 2.55 bits per heavy atom. The molecule has 158 valence electrons. The molecule has 0 saturated carbocycles. The predicted molar refractivity (Wildman–Crippen MR) is 122 cm³/mol. The monoisotopic (exact) mass is 474 g/mol. The van der Waals surface area contributed by atoms with Gasteiger partial charge in [0.15, 0.2) is 5.16 Å². The molecule has 3 aromatic rings. The van der Waals surface area contributed by atoms with Crippen LogP contribution in [0.5, 0.6) is 5.75 Å². The Labute approximate surface area is 192 Å². The number of rotatable bonds is 6. The van der Waals surface area contributed by atoms with Gasteiger partial charge in [-0.25, -0.2) is 4.98 Å². The summed E-state index contributed by atoms with van der Waals surface area (Å²) in [4.78, 5) is 32.0. The number of amides is 1. The number of H-pyrrole nitrogens is 1. The second kappa shape index (κ2) is 9.88. The molecule has 0 saturated heterocycles. The maximum atomic E-state index is 12.7. The Bertz CT molecular complexity index is 1220. The summed E-state index contributed by atoms with van der Waals surface area (Å²) in [6, 6.07) is 13.4. The van der Waals surface area contributed by atoms with E-state index in [2.05, 4.69) is 15.3 Å². The summed E-state index contributed by atoms with van der Waals surface area (Å²) in [5, 5.41) is 12.7. The van der Waals surface area contributed by atoms with Crippen LogP contribution in [0.1, 0.15) is 12.5 Å². The Morgan fingerprint density at radius 2 is 1.90 bits per heavy atom. The van der Waals surface area contributed by atoms with E-state index >= 15 is 0 Å². The number of hydrogen-bond donors (Lipinski definition) is 2. The zero-order chi connectivity index (χ0) is 22.5. The molecule has 10 heteroatoms. The lowest BCUT2D eigenvalue weighted by atomic mass is 10.1. The maximum absolute atomic E-state index is 12.7. The number of hydrogen-bond acceptors (Lipinski definition) is 6. The number of benzene rings is 2. The van der Waals surface area contributed by atoms with Gasteiger partial charge in [-0.2, -0.15) is 5.26 Å². The topological polar surface area (TPSA) is 108 Å². The number of carbonyl (C=O) groups is 1. The van der Waals surface area contributed by atoms with Crippen LogP contribution < -0.4 is 15.6 Å². The Hall–Kier alpha value is -2.99. The molecule has 1 aromatic heterocycles. The third kappa shape index (κ3) is 5.39. The fourth-order valence-corrected chi connectivity index (χ4v) is 3.76. The van der Waals surface area contributed by atoms with Crippen molar-refractivity contribution in [3.05, 3.63) is 68.4 Å². The number of ether oxygens (including phenoxy) is 1. The quantitative estimate of drug-likeness (QED) is 0.394. The van der Waals surface area contributed by atoms with Crippen molar-refractivity contribution in [3.8, 4) is 23.1 Å². The molecule has 0 aliphatic heterocycles. The smallest absolute Gasteiger partial charge is 0.270 e. The molecular formula is C21H16Cl2N4O3S. The number of thioether (sulfide) groups is 1. The number of nitriles is 1. The van der Waals surface area contributed by atoms with Crippen LogP contribution in [0.2, 0.25) is 10.0 Å². The van der Waals surface area contributed by atoms with Crippen LogP contribution in [0, 0.1) is 11.3 Å². The van der Waals surface area contributed by atoms with E-state index in [0.29, 0.717) is 27.0 Å². The molecule has 2 N–H and O–H groups in total. The van der Waals surface area contributed by atoms with Gasteiger partial charge in [0.05, 0.1) is 23.7 Å². The number of halogens is 2. The van der Waals surface area contributed by atoms with E-state index in [-0.39, 0.29) is 22.3 Å². The normalized spacial score (nSPS) is 11.5. The molecule has 1 heterocycles. The van der Waals surface area contributed by atoms with Crippen molar-refractivity contribution in [1.82, 2.24) is 9.97 Å². The van der Waals surface area contributed by atoms with Crippen LogP contribution in [-0.4, -0.2) is 28.2 Å². The highest BCUT2D eigenvalue weighted by Crippen LogP contribution is 2.30. The van der Waals surface area contributed by atoms with Gasteiger partial charge < -0.3 is 15.0 Å². The summed E-state index contributed by atoms with van der Waals surface area (Å²) < 4.78 is 5.23. The van der Waals surface area contributed by atoms with Crippen LogP contribution in [0.25, 0.3) is 11.3 Å². The molecular weight excluding hydrogens is 459 g/mol. The fourth-order valence-electron chi connectivity index (χ4n) is 2.66. The predicted octanol–water partition coefficient (Wildman–Crippen LogP) is 4.74. The molecule has 1 atom stereocenters. The molecule has 0 bridgehead atoms. The number of aromatic nitrogens is 2. The highest BCUT2D eigenvalue weighted by atomic mass is 35.5. The van der Waals surface area contributed by atoms with Crippen LogP contribution >= 0.6 is 35.0 Å². The Morgan fingerprint density at radius 1 is 1.23 bits per heavy atom. The van der Waals surface area contributed by atoms with Gasteiger partial charge in [0, 0.05) is 15.6 Å². The lowest BCUT2D eigenvalue weighted by Gasteiger charge is -2.14. The largest absolute Gasteiger partial charge is 0.495 e. The Balaban J connectivity index is 1.86. The van der Waals surface area contributed by atoms with E-state index in [1.807, 2.05) is 6.07 Å². The summed E-state index contributed by atoms with van der Waals surface area (Å²) in [7, 11) is 1.49. The van der Waals surface area contributed by atoms with Crippen molar-refractivity contribution in [1.29, 1.82) is 5.26 Å². The van der Waals surface area contributed by atoms with Gasteiger partial charge in [-0.05, 0) is 37.3 Å². The lowest BCUT2D eigenvalue weighted by molar-refractivity contribution is -0.115. The van der Waals surface area contributed by atoms with Gasteiger partial charge in [-0.1, -0.05) is 47.1 Å². The second-order valence-electron chi connectivity index (χ2n) is 6.31. The van der Waals surface area contributed by atoms with E-state index in [0.717, 1.165) is 11.8 Å². The first kappa shape index (κ1) is 22.7. The third-order valence-electron chi connectivity index (χ3n) is 4.20. The van der Waals surface area contributed by atoms with Gasteiger partial charge in [0.25, 0.3) is 5.56 Å². The summed E-state index contributed by atoms with van der Waals surface area (Å²) >= 11 is 13.0. The SMILES string of the molecule is COc1ccc(Cl)cc1NC(=O)[C@@H](C)Sc1nc(-c2ccc(Cl)cc2)c(C#N)c(=O)[nH]1. The third-order valence-corrected chi connectivity index (χ3v) is 5.68. The van der Waals surface area contributed by atoms with Gasteiger partial charge in [0.2, 0.25) is 5.91 Å². The zero-order valence-electron chi connectivity index (χ0n) is 16.4. The van der Waals surface area contributed by atoms with Crippen LogP contribution in [0.3, 0.4) is 0 Å². The van der Waals surface area contributed by atoms with E-state index in [9.17, 15) is 14.9 Å². The van der Waals surface area contributed by atoms with Crippen LogP contribution in [0.15, 0.2) is 52.4 Å². The van der Waals surface area contributed by atoms with Crippen molar-refractivity contribution in [3.63, 3.8) is 0 Å². The van der Waals surface area contributed by atoms with Gasteiger partial charge in [0.1, 0.15) is 17.4 Å². The summed E-state index contributed by atoms with van der Waals surface area (Å²) in [6.45, 7) is 1.66. The van der Waals surface area contributed by atoms with Gasteiger partial charge in [-0.15, -0.1) is 0 Å². The number of anilines is 1. The van der Waals surface area contributed by atoms with E-state index in [4.69, 9.17) is 27.9 Å². The average molecular weight is 475 g/mol. The first-order chi connectivity index (χ1) is 14.8. The van der Waals surface area contributed by atoms with Crippen molar-refractivity contribution < 1.29 is 9.53 Å². The zero-order valence-corrected chi connectivity index (χ0v) is 18.7. The molecule has 0 aliphatic carbocycles. The molecule has 0 fully saturated rings. The average Bonchev–Trinajstić information content (AvgIpc) is 2.74. The minimum Gasteiger partial charge on any atom is -0.495 e. The second-order valence-corrected chi connectivity index (χ2v) is 8.51. The summed E-state index contributed by atoms with van der Waals surface area (Å²) in [5.74, 6) is 0.121. The van der Waals surface area contributed by atoms with Crippen LogP contribution in [-0.2, 0) is 4.79 Å². The van der Waals surface area contributed by atoms with Crippen LogP contribution in [0.4, 0.5) is 5.69 Å². The molecule has 0 aliphatic rings. The molecule has 0 spiro atoms. The minimum absolute atomic E-state index is 0.118. The summed E-state index contributed by atoms with van der Waals surface area (Å²) in [5.41, 5.74) is 0.501. The molecule has 0 radical (unpaired) electrons. The maximum Gasteiger partial charge on any atom is 0.270 e. The van der Waals surface area contributed by atoms with Crippen molar-refractivity contribution in [2.45, 2.75) is 17.3 Å². The first-order valence-electron chi connectivity index (χ1n) is 8.93. The van der Waals surface area contributed by atoms with E-state index in [1.165, 1.54) is 7.11 Å². The number of carbonyl (C=O) groups excluding carboxylic acids is 1. The van der Waals surface area contributed by atoms with Crippen molar-refractivity contribution in [2.75, 3.05) is 12.4 Å². The highest BCUT2D eigenvalue weighted by molar-refractivity contribution is 8.00. The molecule has 31 heavy (non-hydrogen) atoms. The highest BCUT2D eigenvalue weighted by Gasteiger charge is 2.20. The number of nitrogens with zero attached hydrogens (tertiary/aromatic N) is 2. The number of aromatic amines is 1. The van der Waals surface area contributed by atoms with Gasteiger partial charge in [-0.3, -0.25) is 9.59 Å². The first-order valence-corrected chi connectivity index (χ1v) is 10.6. The fraction of sp³-hybridized carbons (Fsp3) is 0.143. The standard InChI is InChI=1S/C21H16Cl2N4O3S/c1-11(19(28)25-16-9-14(23)7-8-17(16)30-2)31-21-26-18(15(10-24)20(29)27-21)12-3-5-13(22)6-4-12/h3-9,11H,1-2H3,(H,25,28)(H,26,27,29)/t11-/m1/s1. The number of methoxy groups -OCH3 is 1. The molecule has 0 unspecified atom stereocenters. The van der Waals surface area contributed by atoms with Crippen molar-refractivity contribution in [2.24, 2.45) is 0 Å². The minimum atomic E-state index is -0.627. The lowest BCUT2D eigenvalue weighted by Crippen LogP contribution is -2.24. The van der Waals surface area contributed by atoms with E-state index in [1.54, 1.807) is 49.4 Å². The molecule has 3 rings (SSSR count). The number of nitrogens with one attached hydrogen (secondary N) is 2.